The molecule has 0 unspecified atom stereocenters. The van der Waals surface area contributed by atoms with Crippen LogP contribution in [0.15, 0.2) is 42.5 Å². The molecule has 0 saturated carbocycles. The van der Waals surface area contributed by atoms with Crippen LogP contribution in [0, 0.1) is 0 Å². The van der Waals surface area contributed by atoms with Crippen molar-refractivity contribution in [3.63, 3.8) is 0 Å². The van der Waals surface area contributed by atoms with Gasteiger partial charge in [-0.3, -0.25) is 14.5 Å². The van der Waals surface area contributed by atoms with E-state index in [1.165, 1.54) is 0 Å². The molecule has 0 aliphatic carbocycles. The number of hydrogen-bond acceptors (Lipinski definition) is 5. The van der Waals surface area contributed by atoms with Gasteiger partial charge in [0.25, 0.3) is 5.91 Å². The minimum atomic E-state index is -3.20. The fraction of sp³-hybridized carbons (Fsp3) is 0.381. The smallest absolute Gasteiger partial charge is 0.325 e. The molecule has 2 aliphatic rings. The molecule has 9 heteroatoms. The Kier molecular flexibility index (Phi) is 4.61. The molecule has 0 spiro atoms. The third-order valence-corrected chi connectivity index (χ3v) is 7.75. The standard InChI is InChI=1S/C21H23N3O5S/c1-20(10-11-30(28,29)13-20)22-17(25)12-24-18(26)21(2,23-19(24)27)16-9-5-7-14-6-3-4-8-15(14)16/h3-9H,10-13H2,1-2H3,(H,22,25)(H,23,27)/t20-,21+/m1/s1. The Bertz CT molecular complexity index is 1170. The highest BCUT2D eigenvalue weighted by atomic mass is 32.2. The van der Waals surface area contributed by atoms with Gasteiger partial charge in [0.15, 0.2) is 9.84 Å². The quantitative estimate of drug-likeness (QED) is 0.712. The summed E-state index contributed by atoms with van der Waals surface area (Å²) in [6.45, 7) is 2.81. The van der Waals surface area contributed by atoms with E-state index in [-0.39, 0.29) is 11.5 Å². The first kappa shape index (κ1) is 20.3. The van der Waals surface area contributed by atoms with Crippen LogP contribution < -0.4 is 10.6 Å². The summed E-state index contributed by atoms with van der Waals surface area (Å²) in [5.41, 5.74) is -1.55. The second kappa shape index (κ2) is 6.80. The largest absolute Gasteiger partial charge is 0.348 e. The minimum absolute atomic E-state index is 0.00602. The second-order valence-corrected chi connectivity index (χ2v) is 10.6. The summed E-state index contributed by atoms with van der Waals surface area (Å²) < 4.78 is 23.5. The first-order valence-electron chi connectivity index (χ1n) is 9.67. The third-order valence-electron chi connectivity index (χ3n) is 5.85. The van der Waals surface area contributed by atoms with Gasteiger partial charge in [0.05, 0.1) is 17.0 Å². The van der Waals surface area contributed by atoms with Crippen molar-refractivity contribution in [2.75, 3.05) is 18.1 Å². The zero-order valence-electron chi connectivity index (χ0n) is 16.8. The van der Waals surface area contributed by atoms with Gasteiger partial charge in [0.1, 0.15) is 12.1 Å². The van der Waals surface area contributed by atoms with Gasteiger partial charge in [-0.05, 0) is 36.6 Å². The number of urea groups is 1. The highest BCUT2D eigenvalue weighted by molar-refractivity contribution is 7.91. The molecule has 2 atom stereocenters. The molecule has 0 aromatic heterocycles. The summed E-state index contributed by atoms with van der Waals surface area (Å²) in [4.78, 5) is 39.2. The van der Waals surface area contributed by atoms with Gasteiger partial charge in [-0.15, -0.1) is 0 Å². The van der Waals surface area contributed by atoms with Crippen molar-refractivity contribution >= 4 is 38.5 Å². The number of nitrogens with one attached hydrogen (secondary N) is 2. The summed E-state index contributed by atoms with van der Waals surface area (Å²) in [6, 6.07) is 12.4. The fourth-order valence-corrected chi connectivity index (χ4v) is 6.41. The van der Waals surface area contributed by atoms with Crippen LogP contribution in [0.1, 0.15) is 25.8 Å². The van der Waals surface area contributed by atoms with Gasteiger partial charge in [0, 0.05) is 0 Å². The van der Waals surface area contributed by atoms with E-state index >= 15 is 0 Å². The van der Waals surface area contributed by atoms with Crippen molar-refractivity contribution < 1.29 is 22.8 Å². The van der Waals surface area contributed by atoms with E-state index in [4.69, 9.17) is 0 Å². The number of nitrogens with zero attached hydrogens (tertiary/aromatic N) is 1. The van der Waals surface area contributed by atoms with Crippen LogP contribution in [0.3, 0.4) is 0 Å². The lowest BCUT2D eigenvalue weighted by Crippen LogP contribution is -2.51. The second-order valence-electron chi connectivity index (χ2n) is 8.42. The molecule has 2 aromatic carbocycles. The van der Waals surface area contributed by atoms with Gasteiger partial charge < -0.3 is 10.6 Å². The van der Waals surface area contributed by atoms with Crippen molar-refractivity contribution in [3.05, 3.63) is 48.0 Å². The molecule has 2 fully saturated rings. The predicted molar refractivity (Wildman–Crippen MR) is 111 cm³/mol. The molecule has 2 aromatic rings. The number of benzene rings is 2. The van der Waals surface area contributed by atoms with Crippen LogP contribution in [0.4, 0.5) is 4.79 Å². The highest BCUT2D eigenvalue weighted by Crippen LogP contribution is 2.33. The van der Waals surface area contributed by atoms with Crippen molar-refractivity contribution in [1.82, 2.24) is 15.5 Å². The van der Waals surface area contributed by atoms with Crippen molar-refractivity contribution in [2.45, 2.75) is 31.3 Å². The van der Waals surface area contributed by atoms with E-state index in [1.54, 1.807) is 19.9 Å². The van der Waals surface area contributed by atoms with Crippen molar-refractivity contribution in [3.8, 4) is 0 Å². The minimum Gasteiger partial charge on any atom is -0.348 e. The summed E-state index contributed by atoms with van der Waals surface area (Å²) >= 11 is 0. The highest BCUT2D eigenvalue weighted by Gasteiger charge is 2.50. The fourth-order valence-electron chi connectivity index (χ4n) is 4.31. The monoisotopic (exact) mass is 429 g/mol. The van der Waals surface area contributed by atoms with Crippen LogP contribution in [0.2, 0.25) is 0 Å². The number of amides is 4. The average molecular weight is 429 g/mol. The summed E-state index contributed by atoms with van der Waals surface area (Å²) in [7, 11) is -3.20. The Labute approximate surface area is 174 Å². The lowest BCUT2D eigenvalue weighted by Gasteiger charge is -2.26. The van der Waals surface area contributed by atoms with Gasteiger partial charge in [0.2, 0.25) is 5.91 Å². The maximum absolute atomic E-state index is 13.2. The van der Waals surface area contributed by atoms with E-state index in [0.29, 0.717) is 12.0 Å². The average Bonchev–Trinajstić information content (AvgIpc) is 3.08. The van der Waals surface area contributed by atoms with Crippen LogP contribution in [0.5, 0.6) is 0 Å². The molecule has 2 N–H and O–H groups in total. The molecule has 0 radical (unpaired) electrons. The summed E-state index contributed by atoms with van der Waals surface area (Å²) in [6.07, 6.45) is 0.301. The van der Waals surface area contributed by atoms with Gasteiger partial charge in [-0.2, -0.15) is 0 Å². The van der Waals surface area contributed by atoms with Crippen LogP contribution in [-0.2, 0) is 25.0 Å². The maximum atomic E-state index is 13.2. The SMILES string of the molecule is C[C@@]1(NC(=O)CN2C(=O)N[C@@](C)(c3cccc4ccccc34)C2=O)CCS(=O)(=O)C1. The Hall–Kier alpha value is -2.94. The number of imide groups is 1. The number of carbonyl (C=O) groups excluding carboxylic acids is 3. The molecule has 4 amide bonds. The van der Waals surface area contributed by atoms with Crippen LogP contribution >= 0.6 is 0 Å². The van der Waals surface area contributed by atoms with Crippen molar-refractivity contribution in [2.24, 2.45) is 0 Å². The van der Waals surface area contributed by atoms with Gasteiger partial charge >= 0.3 is 6.03 Å². The molecule has 158 valence electrons. The molecule has 2 aliphatic heterocycles. The first-order valence-corrected chi connectivity index (χ1v) is 11.5. The number of carbonyl (C=O) groups is 3. The summed E-state index contributed by atoms with van der Waals surface area (Å²) in [5, 5.41) is 7.18. The number of hydrogen-bond donors (Lipinski definition) is 2. The molecule has 30 heavy (non-hydrogen) atoms. The molecule has 2 heterocycles. The Balaban J connectivity index is 1.56. The van der Waals surface area contributed by atoms with Crippen LogP contribution in [-0.4, -0.2) is 54.8 Å². The molecule has 4 rings (SSSR count). The molecular weight excluding hydrogens is 406 g/mol. The van der Waals surface area contributed by atoms with E-state index in [0.717, 1.165) is 15.7 Å². The maximum Gasteiger partial charge on any atom is 0.325 e. The molecular formula is C21H23N3O5S. The predicted octanol–water partition coefficient (Wildman–Crippen LogP) is 1.30. The number of sulfone groups is 1. The third kappa shape index (κ3) is 3.43. The first-order chi connectivity index (χ1) is 14.0. The van der Waals surface area contributed by atoms with Gasteiger partial charge in [-0.25, -0.2) is 13.2 Å². The summed E-state index contributed by atoms with van der Waals surface area (Å²) in [5.74, 6) is -1.24. The molecule has 8 nitrogen and oxygen atoms in total. The molecule has 2 saturated heterocycles. The zero-order chi connectivity index (χ0) is 21.7. The molecule has 0 bridgehead atoms. The van der Waals surface area contributed by atoms with E-state index in [1.807, 2.05) is 36.4 Å². The van der Waals surface area contributed by atoms with Crippen molar-refractivity contribution in [1.29, 1.82) is 0 Å². The normalized spacial score (nSPS) is 28.0. The Morgan fingerprint density at radius 1 is 1.13 bits per heavy atom. The lowest BCUT2D eigenvalue weighted by molar-refractivity contribution is -0.135. The lowest BCUT2D eigenvalue weighted by atomic mass is 9.88. The Morgan fingerprint density at radius 2 is 1.83 bits per heavy atom. The van der Waals surface area contributed by atoms with E-state index < -0.39 is 45.3 Å². The van der Waals surface area contributed by atoms with Crippen LogP contribution in [0.25, 0.3) is 10.8 Å². The topological polar surface area (TPSA) is 113 Å². The zero-order valence-corrected chi connectivity index (χ0v) is 17.6. The Morgan fingerprint density at radius 3 is 2.53 bits per heavy atom. The number of fused-ring (bicyclic) bond motifs is 1. The number of rotatable bonds is 4. The van der Waals surface area contributed by atoms with E-state index in [9.17, 15) is 22.8 Å². The van der Waals surface area contributed by atoms with E-state index in [2.05, 4.69) is 10.6 Å². The van der Waals surface area contributed by atoms with Gasteiger partial charge in [-0.1, -0.05) is 42.5 Å².